The average Bonchev–Trinajstić information content (AvgIpc) is 3.26. The highest BCUT2D eigenvalue weighted by atomic mass is 16.3. The number of carbonyl (C=O) groups excluding carboxylic acids is 3. The highest BCUT2D eigenvalue weighted by Gasteiger charge is 2.67. The zero-order valence-electron chi connectivity index (χ0n) is 25.6. The van der Waals surface area contributed by atoms with Crippen molar-refractivity contribution < 1.29 is 24.6 Å². The first-order valence-electron chi connectivity index (χ1n) is 15.1. The molecule has 0 radical (unpaired) electrons. The minimum atomic E-state index is -2.31. The van der Waals surface area contributed by atoms with E-state index in [0.29, 0.717) is 35.8 Å². The minimum absolute atomic E-state index is 0.0552. The Bertz CT molecular complexity index is 1400. The van der Waals surface area contributed by atoms with E-state index in [1.54, 1.807) is 6.92 Å². The van der Waals surface area contributed by atoms with Crippen LogP contribution in [0.25, 0.3) is 0 Å². The largest absolute Gasteiger partial charge is 0.508 e. The Kier molecular flexibility index (Phi) is 6.69. The first-order chi connectivity index (χ1) is 18.5. The first kappa shape index (κ1) is 29.0. The van der Waals surface area contributed by atoms with Crippen molar-refractivity contribution >= 4 is 17.3 Å². The lowest BCUT2D eigenvalue weighted by Gasteiger charge is -2.56. The lowest BCUT2D eigenvalue weighted by molar-refractivity contribution is -0.157. The summed E-state index contributed by atoms with van der Waals surface area (Å²) in [6, 6.07) is 2.32. The molecule has 1 fully saturated rings. The molecular weight excluding hydrogens is 500 g/mol. The number of ketones is 3. The summed E-state index contributed by atoms with van der Waals surface area (Å²) < 4.78 is 0. The van der Waals surface area contributed by atoms with Gasteiger partial charge in [0, 0.05) is 22.0 Å². The molecule has 0 saturated heterocycles. The SMILES string of the molecule is CC(=O)C1=C(C)C[C@@]2(C)C[C@@]3(C)Cc4c(C(C)C)cc(CCC5(C)CCCC5)c(C)c4C(=O)C3=C(O)[C@@]2(O)C1=O. The number of benzene rings is 1. The van der Waals surface area contributed by atoms with Gasteiger partial charge in [0.25, 0.3) is 0 Å². The predicted molar refractivity (Wildman–Crippen MR) is 157 cm³/mol. The van der Waals surface area contributed by atoms with Gasteiger partial charge >= 0.3 is 0 Å². The molecule has 40 heavy (non-hydrogen) atoms. The standard InChI is InChI=1S/C35H46O5/c1-19(2)24-15-23(11-14-32(6)12-9-10-13-32)21(4)27-25(24)17-33(7)18-34(8)16-20(3)26(22(5)36)30(38)35(34,40)31(39)28(33)29(27)37/h15,19,39-40H,9-14,16-18H2,1-8H3/t33-,34+,35+/m1/s1. The molecule has 0 bridgehead atoms. The van der Waals surface area contributed by atoms with Crippen LogP contribution in [0, 0.1) is 23.2 Å². The normalized spacial score (nSPS) is 31.4. The van der Waals surface area contributed by atoms with Crippen molar-refractivity contribution in [2.75, 3.05) is 0 Å². The summed E-state index contributed by atoms with van der Waals surface area (Å²) in [5, 5.41) is 23.9. The number of aliphatic hydroxyl groups excluding tert-OH is 1. The van der Waals surface area contributed by atoms with Crippen LogP contribution in [0.3, 0.4) is 0 Å². The number of hydrogen-bond donors (Lipinski definition) is 2. The molecule has 0 unspecified atom stereocenters. The van der Waals surface area contributed by atoms with Gasteiger partial charge in [0.1, 0.15) is 5.76 Å². The molecule has 5 rings (SSSR count). The van der Waals surface area contributed by atoms with Crippen molar-refractivity contribution in [2.24, 2.45) is 16.2 Å². The van der Waals surface area contributed by atoms with E-state index < -0.39 is 33.8 Å². The van der Waals surface area contributed by atoms with Gasteiger partial charge in [0.05, 0.1) is 5.57 Å². The lowest BCUT2D eigenvalue weighted by atomic mass is 9.47. The molecule has 0 aromatic heterocycles. The third-order valence-corrected chi connectivity index (χ3v) is 11.1. The maximum absolute atomic E-state index is 14.5. The molecule has 0 heterocycles. The van der Waals surface area contributed by atoms with Crippen LogP contribution in [0.1, 0.15) is 132 Å². The van der Waals surface area contributed by atoms with Crippen LogP contribution in [0.5, 0.6) is 0 Å². The number of rotatable bonds is 5. The summed E-state index contributed by atoms with van der Waals surface area (Å²) in [4.78, 5) is 40.7. The van der Waals surface area contributed by atoms with Crippen LogP contribution in [-0.4, -0.2) is 33.2 Å². The topological polar surface area (TPSA) is 91.7 Å². The van der Waals surface area contributed by atoms with E-state index >= 15 is 0 Å². The van der Waals surface area contributed by atoms with Crippen molar-refractivity contribution in [1.82, 2.24) is 0 Å². The van der Waals surface area contributed by atoms with Gasteiger partial charge in [0.2, 0.25) is 5.78 Å². The molecule has 5 nitrogen and oxygen atoms in total. The number of hydrogen-bond acceptors (Lipinski definition) is 5. The number of Topliss-reactive ketones (excluding diaryl/α,β-unsaturated/α-hetero) is 3. The second kappa shape index (κ2) is 9.24. The molecule has 0 aliphatic heterocycles. The van der Waals surface area contributed by atoms with Crippen molar-refractivity contribution in [1.29, 1.82) is 0 Å². The Morgan fingerprint density at radius 3 is 2.25 bits per heavy atom. The molecule has 5 heteroatoms. The number of fused-ring (bicyclic) bond motifs is 3. The third kappa shape index (κ3) is 3.94. The van der Waals surface area contributed by atoms with E-state index in [4.69, 9.17) is 0 Å². The molecule has 1 saturated carbocycles. The summed E-state index contributed by atoms with van der Waals surface area (Å²) in [7, 11) is 0. The van der Waals surface area contributed by atoms with Crippen molar-refractivity contribution in [2.45, 2.75) is 125 Å². The molecule has 2 N–H and O–H groups in total. The van der Waals surface area contributed by atoms with Gasteiger partial charge in [-0.2, -0.15) is 0 Å². The maximum Gasteiger partial charge on any atom is 0.206 e. The number of carbonyl (C=O) groups is 3. The zero-order chi connectivity index (χ0) is 29.6. The van der Waals surface area contributed by atoms with Gasteiger partial charge in [0.15, 0.2) is 17.2 Å². The number of aryl methyl sites for hydroxylation is 1. The average molecular weight is 547 g/mol. The van der Waals surface area contributed by atoms with E-state index in [1.165, 1.54) is 43.7 Å². The van der Waals surface area contributed by atoms with Crippen LogP contribution >= 0.6 is 0 Å². The number of allylic oxidation sites excluding steroid dienone is 2. The Morgan fingerprint density at radius 2 is 1.68 bits per heavy atom. The van der Waals surface area contributed by atoms with Gasteiger partial charge < -0.3 is 10.2 Å². The molecule has 1 aromatic carbocycles. The Morgan fingerprint density at radius 1 is 1.05 bits per heavy atom. The smallest absolute Gasteiger partial charge is 0.206 e. The molecule has 1 aromatic rings. The Balaban J connectivity index is 1.68. The zero-order valence-corrected chi connectivity index (χ0v) is 25.6. The van der Waals surface area contributed by atoms with Crippen LogP contribution in [0.4, 0.5) is 0 Å². The van der Waals surface area contributed by atoms with E-state index in [1.807, 2.05) is 20.8 Å². The van der Waals surface area contributed by atoms with Gasteiger partial charge in [-0.15, -0.1) is 0 Å². The van der Waals surface area contributed by atoms with E-state index in [9.17, 15) is 24.6 Å². The summed E-state index contributed by atoms with van der Waals surface area (Å²) in [6.45, 7) is 15.6. The summed E-state index contributed by atoms with van der Waals surface area (Å²) >= 11 is 0. The second-order valence-corrected chi connectivity index (χ2v) is 14.7. The Hall–Kier alpha value is -2.53. The summed E-state index contributed by atoms with van der Waals surface area (Å²) in [5.41, 5.74) is 1.94. The third-order valence-electron chi connectivity index (χ3n) is 11.1. The first-order valence-corrected chi connectivity index (χ1v) is 15.1. The van der Waals surface area contributed by atoms with Gasteiger partial charge in [-0.1, -0.05) is 59.1 Å². The molecule has 3 atom stereocenters. The fourth-order valence-corrected chi connectivity index (χ4v) is 9.06. The highest BCUT2D eigenvalue weighted by Crippen LogP contribution is 2.62. The Labute approximate surface area is 239 Å². The van der Waals surface area contributed by atoms with Gasteiger partial charge in [-0.25, -0.2) is 0 Å². The fourth-order valence-electron chi connectivity index (χ4n) is 9.06. The van der Waals surface area contributed by atoms with E-state index in [2.05, 4.69) is 26.8 Å². The summed E-state index contributed by atoms with van der Waals surface area (Å²) in [6.07, 6.45) is 8.23. The lowest BCUT2D eigenvalue weighted by Crippen LogP contribution is -2.63. The monoisotopic (exact) mass is 546 g/mol. The fraction of sp³-hybridized carbons (Fsp3) is 0.629. The maximum atomic E-state index is 14.5. The minimum Gasteiger partial charge on any atom is -0.508 e. The van der Waals surface area contributed by atoms with Crippen LogP contribution < -0.4 is 0 Å². The van der Waals surface area contributed by atoms with Crippen LogP contribution in [0.2, 0.25) is 0 Å². The number of aliphatic hydroxyl groups is 2. The quantitative estimate of drug-likeness (QED) is 0.381. The molecule has 216 valence electrons. The van der Waals surface area contributed by atoms with E-state index in [-0.39, 0.29) is 22.8 Å². The van der Waals surface area contributed by atoms with E-state index in [0.717, 1.165) is 24.0 Å². The van der Waals surface area contributed by atoms with Crippen LogP contribution in [0.15, 0.2) is 28.5 Å². The molecule has 0 amide bonds. The van der Waals surface area contributed by atoms with Crippen molar-refractivity contribution in [3.8, 4) is 0 Å². The van der Waals surface area contributed by atoms with Gasteiger partial charge in [-0.05, 0) is 99.3 Å². The highest BCUT2D eigenvalue weighted by molar-refractivity contribution is 6.25. The summed E-state index contributed by atoms with van der Waals surface area (Å²) in [5.74, 6) is -1.82. The van der Waals surface area contributed by atoms with Crippen molar-refractivity contribution in [3.63, 3.8) is 0 Å². The second-order valence-electron chi connectivity index (χ2n) is 14.7. The molecule has 0 spiro atoms. The van der Waals surface area contributed by atoms with Gasteiger partial charge in [-0.3, -0.25) is 14.4 Å². The molecule has 4 aliphatic carbocycles. The van der Waals surface area contributed by atoms with Crippen LogP contribution in [-0.2, 0) is 22.4 Å². The molecule has 4 aliphatic rings. The van der Waals surface area contributed by atoms with Crippen molar-refractivity contribution in [3.05, 3.63) is 56.4 Å². The predicted octanol–water partition coefficient (Wildman–Crippen LogP) is 7.21. The molecular formula is C35H46O5.